The van der Waals surface area contributed by atoms with Crippen LogP contribution >= 0.6 is 22.9 Å². The Bertz CT molecular complexity index is 1190. The molecular formula is C21H15ClN2O2S. The van der Waals surface area contributed by atoms with Crippen molar-refractivity contribution < 1.29 is 4.79 Å². The first kappa shape index (κ1) is 17.6. The van der Waals surface area contributed by atoms with E-state index >= 15 is 0 Å². The second kappa shape index (κ2) is 7.10. The molecule has 0 spiro atoms. The molecule has 0 fully saturated rings. The number of carbonyl (C=O) groups excluding carboxylic acids is 1. The third-order valence-electron chi connectivity index (χ3n) is 4.43. The lowest BCUT2D eigenvalue weighted by atomic mass is 10.1. The highest BCUT2D eigenvalue weighted by atomic mass is 35.5. The van der Waals surface area contributed by atoms with Gasteiger partial charge in [-0.2, -0.15) is 0 Å². The lowest BCUT2D eigenvalue weighted by molar-refractivity contribution is 0.0970. The summed E-state index contributed by atoms with van der Waals surface area (Å²) < 4.78 is 1.37. The lowest BCUT2D eigenvalue weighted by Crippen LogP contribution is -2.24. The molecule has 0 bridgehead atoms. The number of Topliss-reactive ketones (excluding diaryl/α,β-unsaturated/α-hetero) is 1. The molecule has 0 saturated heterocycles. The van der Waals surface area contributed by atoms with Crippen LogP contribution in [0.4, 0.5) is 0 Å². The van der Waals surface area contributed by atoms with E-state index in [0.29, 0.717) is 20.8 Å². The van der Waals surface area contributed by atoms with Gasteiger partial charge in [0.15, 0.2) is 5.78 Å². The van der Waals surface area contributed by atoms with Crippen LogP contribution in [-0.2, 0) is 6.54 Å². The minimum atomic E-state index is -0.196. The summed E-state index contributed by atoms with van der Waals surface area (Å²) in [5.74, 6) is -0.161. The SMILES string of the molecule is Cc1c(-c2ccccc2)sc2ncn(CC(=O)c3ccc(Cl)cc3)c(=O)c12. The minimum Gasteiger partial charge on any atom is -0.292 e. The molecule has 4 rings (SSSR count). The molecular weight excluding hydrogens is 380 g/mol. The molecule has 134 valence electrons. The van der Waals surface area contributed by atoms with Crippen LogP contribution in [-0.4, -0.2) is 15.3 Å². The van der Waals surface area contributed by atoms with E-state index in [1.165, 1.54) is 22.2 Å². The van der Waals surface area contributed by atoms with Gasteiger partial charge in [-0.05, 0) is 42.3 Å². The highest BCUT2D eigenvalue weighted by molar-refractivity contribution is 7.22. The maximum atomic E-state index is 13.0. The van der Waals surface area contributed by atoms with Crippen molar-refractivity contribution in [1.29, 1.82) is 0 Å². The van der Waals surface area contributed by atoms with Crippen molar-refractivity contribution in [2.75, 3.05) is 0 Å². The fourth-order valence-corrected chi connectivity index (χ4v) is 4.29. The van der Waals surface area contributed by atoms with Gasteiger partial charge >= 0.3 is 0 Å². The number of fused-ring (bicyclic) bond motifs is 1. The Morgan fingerprint density at radius 3 is 2.52 bits per heavy atom. The number of benzene rings is 2. The van der Waals surface area contributed by atoms with Gasteiger partial charge in [0.05, 0.1) is 18.3 Å². The zero-order valence-corrected chi connectivity index (χ0v) is 16.1. The summed E-state index contributed by atoms with van der Waals surface area (Å²) in [6, 6.07) is 16.6. The van der Waals surface area contributed by atoms with Crippen molar-refractivity contribution >= 4 is 38.9 Å². The number of aryl methyl sites for hydroxylation is 1. The summed E-state index contributed by atoms with van der Waals surface area (Å²) in [6.45, 7) is 1.87. The molecule has 2 aromatic carbocycles. The largest absolute Gasteiger partial charge is 0.292 e. The average Bonchev–Trinajstić information content (AvgIpc) is 3.02. The van der Waals surface area contributed by atoms with Crippen LogP contribution in [0.25, 0.3) is 20.7 Å². The maximum absolute atomic E-state index is 13.0. The topological polar surface area (TPSA) is 52.0 Å². The number of aromatic nitrogens is 2. The van der Waals surface area contributed by atoms with E-state index < -0.39 is 0 Å². The Labute approximate surface area is 164 Å². The first-order valence-electron chi connectivity index (χ1n) is 8.37. The predicted octanol–water partition coefficient (Wildman–Crippen LogP) is 4.97. The molecule has 0 N–H and O–H groups in total. The van der Waals surface area contributed by atoms with Crippen molar-refractivity contribution in [2.45, 2.75) is 13.5 Å². The molecule has 0 unspecified atom stereocenters. The van der Waals surface area contributed by atoms with Gasteiger partial charge in [0, 0.05) is 15.5 Å². The molecule has 0 radical (unpaired) electrons. The van der Waals surface area contributed by atoms with Crippen molar-refractivity contribution in [1.82, 2.24) is 9.55 Å². The fraction of sp³-hybridized carbons (Fsp3) is 0.0952. The molecule has 2 aromatic heterocycles. The first-order valence-corrected chi connectivity index (χ1v) is 9.57. The summed E-state index contributed by atoms with van der Waals surface area (Å²) >= 11 is 7.35. The van der Waals surface area contributed by atoms with Gasteiger partial charge in [-0.1, -0.05) is 41.9 Å². The molecule has 0 aliphatic carbocycles. The van der Waals surface area contributed by atoms with Crippen molar-refractivity contribution in [2.24, 2.45) is 0 Å². The lowest BCUT2D eigenvalue weighted by Gasteiger charge is -2.05. The monoisotopic (exact) mass is 394 g/mol. The molecule has 0 saturated carbocycles. The molecule has 0 aliphatic heterocycles. The van der Waals surface area contributed by atoms with Crippen molar-refractivity contribution in [3.63, 3.8) is 0 Å². The fourth-order valence-electron chi connectivity index (χ4n) is 3.02. The van der Waals surface area contributed by atoms with Gasteiger partial charge in [0.2, 0.25) is 0 Å². The number of hydrogen-bond donors (Lipinski definition) is 0. The molecule has 27 heavy (non-hydrogen) atoms. The Hall–Kier alpha value is -2.76. The highest BCUT2D eigenvalue weighted by Gasteiger charge is 2.17. The Balaban J connectivity index is 1.74. The Morgan fingerprint density at radius 1 is 1.11 bits per heavy atom. The summed E-state index contributed by atoms with van der Waals surface area (Å²) in [6.07, 6.45) is 1.45. The first-order chi connectivity index (χ1) is 13.0. The molecule has 4 aromatic rings. The van der Waals surface area contributed by atoms with Gasteiger partial charge in [0.1, 0.15) is 4.83 Å². The summed E-state index contributed by atoms with van der Waals surface area (Å²) in [5.41, 5.74) is 2.27. The maximum Gasteiger partial charge on any atom is 0.262 e. The number of rotatable bonds is 4. The predicted molar refractivity (Wildman–Crippen MR) is 110 cm³/mol. The van der Waals surface area contributed by atoms with Gasteiger partial charge in [0.25, 0.3) is 5.56 Å². The van der Waals surface area contributed by atoms with Crippen molar-refractivity contribution in [3.05, 3.63) is 87.4 Å². The van der Waals surface area contributed by atoms with Gasteiger partial charge < -0.3 is 0 Å². The van der Waals surface area contributed by atoms with Crippen LogP contribution in [0.2, 0.25) is 5.02 Å². The zero-order chi connectivity index (χ0) is 19.0. The van der Waals surface area contributed by atoms with E-state index in [0.717, 1.165) is 16.0 Å². The number of ketones is 1. The summed E-state index contributed by atoms with van der Waals surface area (Å²) in [5, 5.41) is 1.14. The van der Waals surface area contributed by atoms with Crippen LogP contribution in [0.1, 0.15) is 15.9 Å². The van der Waals surface area contributed by atoms with E-state index in [1.54, 1.807) is 24.3 Å². The third-order valence-corrected chi connectivity index (χ3v) is 5.93. The van der Waals surface area contributed by atoms with Gasteiger partial charge in [-0.15, -0.1) is 11.3 Å². The molecule has 4 nitrogen and oxygen atoms in total. The van der Waals surface area contributed by atoms with E-state index in [2.05, 4.69) is 4.98 Å². The van der Waals surface area contributed by atoms with E-state index in [4.69, 9.17) is 11.6 Å². The Kier molecular flexibility index (Phi) is 4.64. The second-order valence-electron chi connectivity index (χ2n) is 6.21. The van der Waals surface area contributed by atoms with Gasteiger partial charge in [-0.3, -0.25) is 14.2 Å². The highest BCUT2D eigenvalue weighted by Crippen LogP contribution is 2.35. The van der Waals surface area contributed by atoms with Crippen molar-refractivity contribution in [3.8, 4) is 10.4 Å². The minimum absolute atomic E-state index is 0.0562. The number of thiophene rings is 1. The number of carbonyl (C=O) groups is 1. The number of nitrogens with zero attached hydrogens (tertiary/aromatic N) is 2. The van der Waals surface area contributed by atoms with E-state index in [1.807, 2.05) is 37.3 Å². The molecule has 0 aliphatic rings. The number of halogens is 1. The van der Waals surface area contributed by atoms with Crippen LogP contribution < -0.4 is 5.56 Å². The van der Waals surface area contributed by atoms with E-state index in [9.17, 15) is 9.59 Å². The van der Waals surface area contributed by atoms with E-state index in [-0.39, 0.29) is 17.9 Å². The van der Waals surface area contributed by atoms with Crippen LogP contribution in [0.5, 0.6) is 0 Å². The summed E-state index contributed by atoms with van der Waals surface area (Å²) in [7, 11) is 0. The van der Waals surface area contributed by atoms with Crippen LogP contribution in [0, 0.1) is 6.92 Å². The van der Waals surface area contributed by atoms with Crippen LogP contribution in [0.15, 0.2) is 65.7 Å². The molecule has 0 amide bonds. The molecule has 6 heteroatoms. The van der Waals surface area contributed by atoms with Gasteiger partial charge in [-0.25, -0.2) is 4.98 Å². The van der Waals surface area contributed by atoms with Crippen LogP contribution in [0.3, 0.4) is 0 Å². The Morgan fingerprint density at radius 2 is 1.81 bits per heavy atom. The smallest absolute Gasteiger partial charge is 0.262 e. The normalized spacial score (nSPS) is 11.0. The molecule has 2 heterocycles. The third kappa shape index (κ3) is 3.31. The molecule has 0 atom stereocenters. The number of hydrogen-bond acceptors (Lipinski definition) is 4. The zero-order valence-electron chi connectivity index (χ0n) is 14.5. The quantitative estimate of drug-likeness (QED) is 0.459. The standard InChI is InChI=1S/C21H15ClN2O2S/c1-13-18-20(27-19(13)15-5-3-2-4-6-15)23-12-24(21(18)26)11-17(25)14-7-9-16(22)10-8-14/h2-10,12H,11H2,1H3. The average molecular weight is 395 g/mol. The summed E-state index contributed by atoms with van der Waals surface area (Å²) in [4.78, 5) is 31.6. The second-order valence-corrected chi connectivity index (χ2v) is 7.65.